The molecule has 0 fully saturated rings. The fraction of sp³-hybridized carbons (Fsp3) is 0.357. The number of ether oxygens (including phenoxy) is 2. The van der Waals surface area contributed by atoms with Crippen LogP contribution in [0.15, 0.2) is 42.0 Å². The minimum Gasteiger partial charge on any atom is -0.466 e. The molecule has 92 valence electrons. The van der Waals surface area contributed by atoms with Crippen molar-refractivity contribution in [2.45, 2.75) is 20.0 Å². The van der Waals surface area contributed by atoms with Gasteiger partial charge < -0.3 is 9.47 Å². The van der Waals surface area contributed by atoms with Gasteiger partial charge in [0, 0.05) is 6.08 Å². The van der Waals surface area contributed by atoms with Gasteiger partial charge in [0.05, 0.1) is 20.3 Å². The molecule has 0 aromatic heterocycles. The van der Waals surface area contributed by atoms with E-state index in [1.54, 1.807) is 0 Å². The van der Waals surface area contributed by atoms with Gasteiger partial charge in [-0.1, -0.05) is 35.9 Å². The van der Waals surface area contributed by atoms with E-state index in [0.29, 0.717) is 13.2 Å². The molecule has 0 saturated carbocycles. The highest BCUT2D eigenvalue weighted by Gasteiger charge is 1.97. The van der Waals surface area contributed by atoms with Crippen LogP contribution in [0.3, 0.4) is 0 Å². The summed E-state index contributed by atoms with van der Waals surface area (Å²) >= 11 is 0. The Balaban J connectivity index is 2.20. The molecule has 0 aliphatic heterocycles. The summed E-state index contributed by atoms with van der Waals surface area (Å²) in [6.07, 6.45) is 2.23. The molecule has 3 nitrogen and oxygen atoms in total. The molecule has 0 amide bonds. The number of carbonyl (C=O) groups is 1. The number of esters is 1. The van der Waals surface area contributed by atoms with Crippen LogP contribution in [0.5, 0.6) is 0 Å². The Labute approximate surface area is 102 Å². The van der Waals surface area contributed by atoms with Gasteiger partial charge in [-0.15, -0.1) is 0 Å². The summed E-state index contributed by atoms with van der Waals surface area (Å²) in [6.45, 7) is 3.10. The maximum atomic E-state index is 10.9. The van der Waals surface area contributed by atoms with Crippen LogP contribution < -0.4 is 0 Å². The maximum Gasteiger partial charge on any atom is 0.330 e. The molecular formula is C14H18O3. The summed E-state index contributed by atoms with van der Waals surface area (Å²) in [5.41, 5.74) is 2.12. The fourth-order valence-corrected chi connectivity index (χ4v) is 1.33. The second kappa shape index (κ2) is 7.63. The van der Waals surface area contributed by atoms with Crippen molar-refractivity contribution in [1.82, 2.24) is 0 Å². The summed E-state index contributed by atoms with van der Waals surface area (Å²) in [7, 11) is 1.37. The van der Waals surface area contributed by atoms with Crippen LogP contribution in [0.2, 0.25) is 0 Å². The van der Waals surface area contributed by atoms with Crippen molar-refractivity contribution >= 4 is 5.97 Å². The smallest absolute Gasteiger partial charge is 0.330 e. The van der Waals surface area contributed by atoms with Gasteiger partial charge >= 0.3 is 5.97 Å². The molecular weight excluding hydrogens is 216 g/mol. The summed E-state index contributed by atoms with van der Waals surface area (Å²) in [4.78, 5) is 10.9. The summed E-state index contributed by atoms with van der Waals surface area (Å²) in [6, 6.07) is 10.0. The van der Waals surface area contributed by atoms with E-state index in [0.717, 1.165) is 17.6 Å². The first-order valence-corrected chi connectivity index (χ1v) is 5.59. The normalized spacial score (nSPS) is 11.3. The Hall–Kier alpha value is -1.61. The molecule has 3 heteroatoms. The van der Waals surface area contributed by atoms with E-state index < -0.39 is 0 Å². The van der Waals surface area contributed by atoms with Gasteiger partial charge in [0.2, 0.25) is 0 Å². The molecule has 1 aromatic carbocycles. The molecule has 0 atom stereocenters. The van der Waals surface area contributed by atoms with Crippen molar-refractivity contribution in [2.75, 3.05) is 13.7 Å². The zero-order valence-corrected chi connectivity index (χ0v) is 10.3. The van der Waals surface area contributed by atoms with Crippen molar-refractivity contribution < 1.29 is 14.3 Å². The van der Waals surface area contributed by atoms with Gasteiger partial charge in [0.25, 0.3) is 0 Å². The average molecular weight is 234 g/mol. The molecule has 0 unspecified atom stereocenters. The van der Waals surface area contributed by atoms with Gasteiger partial charge in [-0.05, 0) is 18.9 Å². The number of benzene rings is 1. The highest BCUT2D eigenvalue weighted by molar-refractivity contribution is 5.82. The van der Waals surface area contributed by atoms with Gasteiger partial charge in [-0.2, -0.15) is 0 Å². The lowest BCUT2D eigenvalue weighted by Crippen LogP contribution is -1.99. The molecule has 0 heterocycles. The van der Waals surface area contributed by atoms with Crippen molar-refractivity contribution in [3.63, 3.8) is 0 Å². The molecule has 17 heavy (non-hydrogen) atoms. The zero-order chi connectivity index (χ0) is 12.5. The number of hydrogen-bond donors (Lipinski definition) is 0. The maximum absolute atomic E-state index is 10.9. The van der Waals surface area contributed by atoms with Gasteiger partial charge in [-0.25, -0.2) is 4.79 Å². The lowest BCUT2D eigenvalue weighted by atomic mass is 10.2. The Morgan fingerprint density at radius 1 is 1.29 bits per heavy atom. The van der Waals surface area contributed by atoms with E-state index >= 15 is 0 Å². The van der Waals surface area contributed by atoms with Gasteiger partial charge in [0.1, 0.15) is 0 Å². The standard InChI is InChI=1S/C14H18O3/c1-12(10-14(15)16-2)8-9-17-11-13-6-4-3-5-7-13/h3-7,10H,8-9,11H2,1-2H3/b12-10-. The van der Waals surface area contributed by atoms with Crippen LogP contribution in [0.25, 0.3) is 0 Å². The lowest BCUT2D eigenvalue weighted by molar-refractivity contribution is -0.134. The number of hydrogen-bond acceptors (Lipinski definition) is 3. The van der Waals surface area contributed by atoms with Crippen LogP contribution in [0.4, 0.5) is 0 Å². The molecule has 0 aliphatic rings. The Morgan fingerprint density at radius 3 is 2.65 bits per heavy atom. The predicted molar refractivity (Wildman–Crippen MR) is 66.5 cm³/mol. The summed E-state index contributed by atoms with van der Waals surface area (Å²) in [5.74, 6) is -0.314. The van der Waals surface area contributed by atoms with Crippen molar-refractivity contribution in [1.29, 1.82) is 0 Å². The number of carbonyl (C=O) groups excluding carboxylic acids is 1. The SMILES string of the molecule is COC(=O)/C=C(/C)CCOCc1ccccc1. The van der Waals surface area contributed by atoms with E-state index in [2.05, 4.69) is 4.74 Å². The number of rotatable bonds is 6. The Bertz CT molecular complexity index is 368. The van der Waals surface area contributed by atoms with Crippen molar-refractivity contribution in [3.05, 3.63) is 47.5 Å². The van der Waals surface area contributed by atoms with E-state index in [9.17, 15) is 4.79 Å². The van der Waals surface area contributed by atoms with Crippen LogP contribution in [-0.4, -0.2) is 19.7 Å². The highest BCUT2D eigenvalue weighted by atomic mass is 16.5. The van der Waals surface area contributed by atoms with Crippen molar-refractivity contribution in [3.8, 4) is 0 Å². The molecule has 0 saturated heterocycles. The van der Waals surface area contributed by atoms with E-state index in [4.69, 9.17) is 4.74 Å². The van der Waals surface area contributed by atoms with Crippen molar-refractivity contribution in [2.24, 2.45) is 0 Å². The minimum atomic E-state index is -0.314. The van der Waals surface area contributed by atoms with E-state index in [1.165, 1.54) is 13.2 Å². The first-order valence-electron chi connectivity index (χ1n) is 5.59. The third-order valence-corrected chi connectivity index (χ3v) is 2.32. The monoisotopic (exact) mass is 234 g/mol. The molecule has 0 radical (unpaired) electrons. The Morgan fingerprint density at radius 2 is 2.00 bits per heavy atom. The fourth-order valence-electron chi connectivity index (χ4n) is 1.33. The molecule has 1 aromatic rings. The molecule has 0 aliphatic carbocycles. The quantitative estimate of drug-likeness (QED) is 0.431. The summed E-state index contributed by atoms with van der Waals surface area (Å²) < 4.78 is 10.1. The topological polar surface area (TPSA) is 35.5 Å². The zero-order valence-electron chi connectivity index (χ0n) is 10.3. The molecule has 0 spiro atoms. The Kier molecular flexibility index (Phi) is 6.04. The lowest BCUT2D eigenvalue weighted by Gasteiger charge is -2.04. The molecule has 0 bridgehead atoms. The third-order valence-electron chi connectivity index (χ3n) is 2.32. The van der Waals surface area contributed by atoms with E-state index in [-0.39, 0.29) is 5.97 Å². The summed E-state index contributed by atoms with van der Waals surface area (Å²) in [5, 5.41) is 0. The first kappa shape index (κ1) is 13.5. The third kappa shape index (κ3) is 5.88. The van der Waals surface area contributed by atoms with Crippen LogP contribution in [-0.2, 0) is 20.9 Å². The predicted octanol–water partition coefficient (Wildman–Crippen LogP) is 2.71. The number of methoxy groups -OCH3 is 1. The minimum absolute atomic E-state index is 0.314. The first-order chi connectivity index (χ1) is 8.22. The van der Waals surface area contributed by atoms with Crippen LogP contribution in [0.1, 0.15) is 18.9 Å². The second-order valence-corrected chi connectivity index (χ2v) is 3.80. The molecule has 0 N–H and O–H groups in total. The largest absolute Gasteiger partial charge is 0.466 e. The van der Waals surface area contributed by atoms with E-state index in [1.807, 2.05) is 37.3 Å². The van der Waals surface area contributed by atoms with Crippen LogP contribution in [0, 0.1) is 0 Å². The highest BCUT2D eigenvalue weighted by Crippen LogP contribution is 2.04. The second-order valence-electron chi connectivity index (χ2n) is 3.80. The van der Waals surface area contributed by atoms with Gasteiger partial charge in [0.15, 0.2) is 0 Å². The van der Waals surface area contributed by atoms with Gasteiger partial charge in [-0.3, -0.25) is 0 Å². The molecule has 1 rings (SSSR count). The van der Waals surface area contributed by atoms with Crippen LogP contribution >= 0.6 is 0 Å². The average Bonchev–Trinajstić information content (AvgIpc) is 2.36.